The van der Waals surface area contributed by atoms with E-state index in [1.54, 1.807) is 18.2 Å². The van der Waals surface area contributed by atoms with Gasteiger partial charge in [-0.25, -0.2) is 8.42 Å². The standard InChI is InChI=1S/C21H15N3O3S/c22-10-13-11-23-17-4-6-19-16(7-8-28(19,26)27)20(17)21(13)24-14-2-3-15-12(9-14)1-5-18(15)25/h2-4,6,9,11H,1,5,7-8H2,(H,23,24). The molecule has 0 spiro atoms. The van der Waals surface area contributed by atoms with Gasteiger partial charge in [-0.2, -0.15) is 5.26 Å². The van der Waals surface area contributed by atoms with Crippen molar-refractivity contribution in [2.45, 2.75) is 24.2 Å². The molecular weight excluding hydrogens is 374 g/mol. The maximum atomic E-state index is 12.3. The lowest BCUT2D eigenvalue weighted by Crippen LogP contribution is -2.01. The van der Waals surface area contributed by atoms with E-state index in [9.17, 15) is 18.5 Å². The average molecular weight is 389 g/mol. The summed E-state index contributed by atoms with van der Waals surface area (Å²) >= 11 is 0. The number of aryl methyl sites for hydroxylation is 2. The van der Waals surface area contributed by atoms with Gasteiger partial charge in [-0.15, -0.1) is 0 Å². The summed E-state index contributed by atoms with van der Waals surface area (Å²) in [6, 6.07) is 11.0. The Bertz CT molecular complexity index is 1340. The van der Waals surface area contributed by atoms with Crippen LogP contribution in [0.2, 0.25) is 0 Å². The van der Waals surface area contributed by atoms with Gasteiger partial charge in [0.1, 0.15) is 6.07 Å². The smallest absolute Gasteiger partial charge is 0.179 e. The number of hydrogen-bond donors (Lipinski definition) is 1. The molecule has 7 heteroatoms. The van der Waals surface area contributed by atoms with E-state index in [0.29, 0.717) is 51.9 Å². The van der Waals surface area contributed by atoms with E-state index in [1.165, 1.54) is 6.20 Å². The van der Waals surface area contributed by atoms with Gasteiger partial charge >= 0.3 is 0 Å². The molecule has 0 bridgehead atoms. The molecule has 2 aromatic carbocycles. The number of ketones is 1. The van der Waals surface area contributed by atoms with E-state index in [4.69, 9.17) is 0 Å². The monoisotopic (exact) mass is 389 g/mol. The first-order chi connectivity index (χ1) is 13.5. The summed E-state index contributed by atoms with van der Waals surface area (Å²) < 4.78 is 24.7. The Morgan fingerprint density at radius 3 is 2.79 bits per heavy atom. The Morgan fingerprint density at radius 1 is 1.11 bits per heavy atom. The number of Topliss-reactive ketones (excluding diaryl/α,β-unsaturated/α-hetero) is 1. The summed E-state index contributed by atoms with van der Waals surface area (Å²) in [5.41, 5.74) is 4.76. The third-order valence-electron chi connectivity index (χ3n) is 5.47. The van der Waals surface area contributed by atoms with Crippen LogP contribution >= 0.6 is 0 Å². The number of anilines is 2. The highest BCUT2D eigenvalue weighted by Crippen LogP contribution is 2.38. The largest absolute Gasteiger partial charge is 0.354 e. The number of aromatic nitrogens is 1. The molecule has 5 rings (SSSR count). The molecule has 6 nitrogen and oxygen atoms in total. The highest BCUT2D eigenvalue weighted by molar-refractivity contribution is 7.91. The van der Waals surface area contributed by atoms with E-state index in [2.05, 4.69) is 16.4 Å². The molecule has 1 N–H and O–H groups in total. The summed E-state index contributed by atoms with van der Waals surface area (Å²) in [6.45, 7) is 0. The van der Waals surface area contributed by atoms with E-state index in [1.807, 2.05) is 12.1 Å². The number of hydrogen-bond acceptors (Lipinski definition) is 6. The van der Waals surface area contributed by atoms with Crippen LogP contribution in [-0.2, 0) is 22.7 Å². The van der Waals surface area contributed by atoms with Gasteiger partial charge in [0.15, 0.2) is 15.6 Å². The average Bonchev–Trinajstić information content (AvgIpc) is 3.21. The fourth-order valence-electron chi connectivity index (χ4n) is 4.11. The van der Waals surface area contributed by atoms with Crippen molar-refractivity contribution < 1.29 is 13.2 Å². The van der Waals surface area contributed by atoms with Gasteiger partial charge in [0, 0.05) is 29.3 Å². The maximum Gasteiger partial charge on any atom is 0.179 e. The van der Waals surface area contributed by atoms with Crippen LogP contribution in [0, 0.1) is 11.3 Å². The van der Waals surface area contributed by atoms with Gasteiger partial charge in [0.2, 0.25) is 0 Å². The van der Waals surface area contributed by atoms with Gasteiger partial charge < -0.3 is 5.32 Å². The number of benzene rings is 2. The molecule has 1 aliphatic heterocycles. The normalized spacial score (nSPS) is 16.6. The third-order valence-corrected chi connectivity index (χ3v) is 7.27. The van der Waals surface area contributed by atoms with Crippen LogP contribution in [-0.4, -0.2) is 24.9 Å². The molecule has 0 unspecified atom stereocenters. The number of rotatable bonds is 2. The minimum absolute atomic E-state index is 0.0681. The number of nitrogens with zero attached hydrogens (tertiary/aromatic N) is 2. The van der Waals surface area contributed by atoms with Crippen molar-refractivity contribution in [2.24, 2.45) is 0 Å². The second-order valence-corrected chi connectivity index (χ2v) is 9.16. The zero-order chi connectivity index (χ0) is 19.5. The van der Waals surface area contributed by atoms with Gasteiger partial charge in [0.05, 0.1) is 27.4 Å². The number of sulfone groups is 1. The molecule has 0 amide bonds. The van der Waals surface area contributed by atoms with Crippen LogP contribution in [0.25, 0.3) is 10.9 Å². The van der Waals surface area contributed by atoms with Gasteiger partial charge in [0.25, 0.3) is 0 Å². The number of carbonyl (C=O) groups is 1. The molecular formula is C21H15N3O3S. The molecule has 0 saturated heterocycles. The Hall–Kier alpha value is -3.24. The van der Waals surface area contributed by atoms with Crippen molar-refractivity contribution in [3.05, 3.63) is 58.8 Å². The molecule has 0 fully saturated rings. The topological polar surface area (TPSA) is 99.9 Å². The van der Waals surface area contributed by atoms with Crippen LogP contribution in [0.1, 0.15) is 33.5 Å². The van der Waals surface area contributed by atoms with Crippen LogP contribution in [0.3, 0.4) is 0 Å². The Morgan fingerprint density at radius 2 is 1.96 bits per heavy atom. The second-order valence-electron chi connectivity index (χ2n) is 7.08. The Kier molecular flexibility index (Phi) is 3.55. The van der Waals surface area contributed by atoms with Crippen LogP contribution in [0.15, 0.2) is 41.4 Å². The lowest BCUT2D eigenvalue weighted by Gasteiger charge is -2.15. The second kappa shape index (κ2) is 5.88. The quantitative estimate of drug-likeness (QED) is 0.722. The van der Waals surface area contributed by atoms with E-state index in [-0.39, 0.29) is 11.5 Å². The van der Waals surface area contributed by atoms with Crippen molar-refractivity contribution in [3.63, 3.8) is 0 Å². The summed E-state index contributed by atoms with van der Waals surface area (Å²) in [5.74, 6) is 0.218. The van der Waals surface area contributed by atoms with Crippen molar-refractivity contribution in [1.82, 2.24) is 4.98 Å². The zero-order valence-corrected chi connectivity index (χ0v) is 15.6. The number of pyridine rings is 1. The molecule has 2 heterocycles. The lowest BCUT2D eigenvalue weighted by atomic mass is 10.0. The summed E-state index contributed by atoms with van der Waals surface area (Å²) in [5, 5.41) is 13.6. The molecule has 3 aromatic rings. The highest BCUT2D eigenvalue weighted by Gasteiger charge is 2.29. The SMILES string of the molecule is N#Cc1cnc2ccc3c(c2c1Nc1ccc2c(c1)CCC2=O)CCS3(=O)=O. The van der Waals surface area contributed by atoms with Gasteiger partial charge in [-0.1, -0.05) is 0 Å². The van der Waals surface area contributed by atoms with Crippen molar-refractivity contribution in [1.29, 1.82) is 5.26 Å². The van der Waals surface area contributed by atoms with Crippen molar-refractivity contribution in [3.8, 4) is 6.07 Å². The molecule has 0 saturated carbocycles. The van der Waals surface area contributed by atoms with Crippen molar-refractivity contribution in [2.75, 3.05) is 11.1 Å². The van der Waals surface area contributed by atoms with E-state index >= 15 is 0 Å². The summed E-state index contributed by atoms with van der Waals surface area (Å²) in [7, 11) is -3.30. The van der Waals surface area contributed by atoms with Crippen LogP contribution in [0.5, 0.6) is 0 Å². The predicted octanol–water partition coefficient (Wildman–Crippen LogP) is 3.31. The van der Waals surface area contributed by atoms with Crippen LogP contribution < -0.4 is 5.32 Å². The minimum Gasteiger partial charge on any atom is -0.354 e. The Balaban J connectivity index is 1.72. The lowest BCUT2D eigenvalue weighted by molar-refractivity contribution is 0.0994. The molecule has 0 atom stereocenters. The minimum atomic E-state index is -3.30. The molecule has 2 aliphatic rings. The first-order valence-corrected chi connectivity index (χ1v) is 10.6. The fraction of sp³-hybridized carbons (Fsp3) is 0.190. The number of nitriles is 1. The molecule has 1 aromatic heterocycles. The van der Waals surface area contributed by atoms with Gasteiger partial charge in [-0.3, -0.25) is 9.78 Å². The predicted molar refractivity (Wildman–Crippen MR) is 105 cm³/mol. The third kappa shape index (κ3) is 2.42. The summed E-state index contributed by atoms with van der Waals surface area (Å²) in [4.78, 5) is 16.5. The molecule has 28 heavy (non-hydrogen) atoms. The summed E-state index contributed by atoms with van der Waals surface area (Å²) in [6.07, 6.45) is 3.13. The molecule has 0 radical (unpaired) electrons. The van der Waals surface area contributed by atoms with Crippen molar-refractivity contribution >= 4 is 37.9 Å². The van der Waals surface area contributed by atoms with Gasteiger partial charge in [-0.05, 0) is 54.3 Å². The zero-order valence-electron chi connectivity index (χ0n) is 14.8. The fourth-order valence-corrected chi connectivity index (χ4v) is 5.66. The first kappa shape index (κ1) is 16.9. The number of nitrogens with one attached hydrogen (secondary N) is 1. The van der Waals surface area contributed by atoms with E-state index in [0.717, 1.165) is 16.8 Å². The highest BCUT2D eigenvalue weighted by atomic mass is 32.2. The van der Waals surface area contributed by atoms with Crippen LogP contribution in [0.4, 0.5) is 11.4 Å². The molecule has 1 aliphatic carbocycles. The molecule has 138 valence electrons. The first-order valence-electron chi connectivity index (χ1n) is 8.98. The van der Waals surface area contributed by atoms with E-state index < -0.39 is 9.84 Å². The maximum absolute atomic E-state index is 12.3. The number of carbonyl (C=O) groups excluding carboxylic acids is 1. The Labute approximate surface area is 161 Å². The number of fused-ring (bicyclic) bond motifs is 4.